The quantitative estimate of drug-likeness (QED) is 0.203. The molecule has 0 amide bonds. The van der Waals surface area contributed by atoms with E-state index >= 15 is 0 Å². The topological polar surface area (TPSA) is 6.48 Å². The Hall–Kier alpha value is 2.43. The summed E-state index contributed by atoms with van der Waals surface area (Å²) in [6, 6.07) is 0. The van der Waals surface area contributed by atoms with E-state index in [4.69, 9.17) is 0 Å². The van der Waals surface area contributed by atoms with Gasteiger partial charge in [-0.3, -0.25) is 4.90 Å². The van der Waals surface area contributed by atoms with Gasteiger partial charge in [0.05, 0.1) is 0 Å². The van der Waals surface area contributed by atoms with Gasteiger partial charge in [0, 0.05) is 48.3 Å². The fraction of sp³-hybridized carbons (Fsp3) is 0.920. The van der Waals surface area contributed by atoms with Gasteiger partial charge in [0.1, 0.15) is 0 Å². The predicted octanol–water partition coefficient (Wildman–Crippen LogP) is 8.77. The molecule has 0 saturated carbocycles. The van der Waals surface area contributed by atoms with Crippen molar-refractivity contribution in [1.82, 2.24) is 9.80 Å². The molecule has 2 saturated heterocycles. The Morgan fingerprint density at radius 2 is 1.07 bits per heavy atom. The third-order valence-electron chi connectivity index (χ3n) is 7.19. The number of nitrogens with zero attached hydrogens (tertiary/aromatic N) is 2. The van der Waals surface area contributed by atoms with Crippen molar-refractivity contribution >= 4 is 37.2 Å². The third-order valence-corrected chi connectivity index (χ3v) is 7.19. The minimum atomic E-state index is 0. The standard InChI is InChI=1S/C13H27N.C10H20N.C2H5.I2.U/c1-7-8-11-9-12(2,3)14(6)13(4,5)10-11;1-9(2)7-6-8-10(3,4)11(9)5;2*1-2;/h11H,7-10H2,1-6H3;6H,7-8H2,1-5H3;1H2,2H3;;/q;2*-1;;+2. The summed E-state index contributed by atoms with van der Waals surface area (Å²) in [6.45, 7) is 26.1. The third kappa shape index (κ3) is 11.7. The molecule has 2 aliphatic rings. The Kier molecular flexibility index (Phi) is 19.9. The van der Waals surface area contributed by atoms with Crippen LogP contribution in [-0.4, -0.2) is 46.1 Å². The maximum atomic E-state index is 3.25. The van der Waals surface area contributed by atoms with Crippen molar-refractivity contribution in [2.24, 2.45) is 5.92 Å². The first-order valence-electron chi connectivity index (χ1n) is 11.3. The van der Waals surface area contributed by atoms with Gasteiger partial charge in [0.25, 0.3) is 0 Å². The van der Waals surface area contributed by atoms with Gasteiger partial charge >= 0.3 is 31.1 Å². The number of piperidine rings is 2. The molecule has 0 aromatic rings. The van der Waals surface area contributed by atoms with E-state index < -0.39 is 0 Å². The van der Waals surface area contributed by atoms with Crippen molar-refractivity contribution in [3.63, 3.8) is 0 Å². The summed E-state index contributed by atoms with van der Waals surface area (Å²) in [7, 11) is 4.51. The van der Waals surface area contributed by atoms with Gasteiger partial charge in [-0.2, -0.15) is 19.8 Å². The molecular weight excluding hydrogens is 820 g/mol. The summed E-state index contributed by atoms with van der Waals surface area (Å²) in [4.78, 5) is 5.05. The first kappa shape index (κ1) is 37.0. The Labute approximate surface area is 238 Å². The number of hydrogen-bond acceptors (Lipinski definition) is 2. The molecule has 0 N–H and O–H groups in total. The maximum Gasteiger partial charge on any atom is 2.00 e. The summed E-state index contributed by atoms with van der Waals surface area (Å²) in [5.41, 5.74) is 1.45. The first-order chi connectivity index (χ1) is 13.2. The van der Waals surface area contributed by atoms with Crippen LogP contribution in [-0.2, 0) is 0 Å². The zero-order valence-electron chi connectivity index (χ0n) is 22.3. The Balaban J connectivity index is -0.000000412. The summed E-state index contributed by atoms with van der Waals surface area (Å²) < 4.78 is 0. The molecule has 2 heterocycles. The SMILES string of the molecule is CCCC1CC(C)(C)N(C)C(C)(C)C1.CN1C(C)(C)C[CH-]CC1(C)C.II.[CH2-]C.[U+2]. The molecule has 0 aromatic carbocycles. The Bertz CT molecular complexity index is 403. The van der Waals surface area contributed by atoms with E-state index in [1.54, 1.807) is 6.92 Å². The fourth-order valence-corrected chi connectivity index (χ4v) is 5.06. The molecule has 0 aliphatic carbocycles. The number of likely N-dealkylation sites (tertiary alicyclic amines) is 2. The number of rotatable bonds is 2. The smallest absolute Gasteiger partial charge is 0.346 e. The van der Waals surface area contributed by atoms with Crippen LogP contribution in [0.5, 0.6) is 0 Å². The largest absolute Gasteiger partial charge is 2.00 e. The van der Waals surface area contributed by atoms with E-state index in [0.29, 0.717) is 22.2 Å². The van der Waals surface area contributed by atoms with Crippen LogP contribution in [0.1, 0.15) is 108 Å². The van der Waals surface area contributed by atoms with E-state index in [9.17, 15) is 0 Å². The van der Waals surface area contributed by atoms with Gasteiger partial charge in [-0.25, -0.2) is 0 Å². The van der Waals surface area contributed by atoms with Gasteiger partial charge in [0.15, 0.2) is 0 Å². The number of hydrogen-bond donors (Lipinski definition) is 0. The molecule has 0 atom stereocenters. The molecule has 0 aromatic heterocycles. The summed E-state index contributed by atoms with van der Waals surface area (Å²) in [6.07, 6.45) is 10.3. The van der Waals surface area contributed by atoms with Crippen LogP contribution in [0.3, 0.4) is 0 Å². The molecule has 180 valence electrons. The predicted molar refractivity (Wildman–Crippen MR) is 152 cm³/mol. The van der Waals surface area contributed by atoms with Crippen LogP contribution in [0.2, 0.25) is 0 Å². The molecule has 30 heavy (non-hydrogen) atoms. The average Bonchev–Trinajstić information content (AvgIpc) is 2.61. The van der Waals surface area contributed by atoms with Crippen molar-refractivity contribution in [2.75, 3.05) is 14.1 Å². The van der Waals surface area contributed by atoms with Crippen molar-refractivity contribution < 1.29 is 31.1 Å². The molecule has 2 aliphatic heterocycles. The van der Waals surface area contributed by atoms with E-state index in [2.05, 4.69) is 137 Å². The van der Waals surface area contributed by atoms with E-state index in [1.165, 1.54) is 38.5 Å². The first-order valence-corrected chi connectivity index (χ1v) is 17.6. The van der Waals surface area contributed by atoms with Crippen molar-refractivity contribution in [3.05, 3.63) is 13.3 Å². The fourth-order valence-electron chi connectivity index (χ4n) is 5.06. The van der Waals surface area contributed by atoms with Gasteiger partial charge < -0.3 is 18.2 Å². The molecule has 0 unspecified atom stereocenters. The van der Waals surface area contributed by atoms with Gasteiger partial charge in [-0.05, 0) is 99.3 Å². The van der Waals surface area contributed by atoms with Gasteiger partial charge in [-0.1, -0.05) is 19.8 Å². The maximum absolute atomic E-state index is 3.25. The Morgan fingerprint density at radius 3 is 1.33 bits per heavy atom. The zero-order valence-corrected chi connectivity index (χ0v) is 30.7. The second-order valence-corrected chi connectivity index (χ2v) is 11.1. The van der Waals surface area contributed by atoms with Crippen LogP contribution in [0.25, 0.3) is 0 Å². The van der Waals surface area contributed by atoms with E-state index in [1.807, 2.05) is 0 Å². The van der Waals surface area contributed by atoms with Crippen LogP contribution in [0.4, 0.5) is 0 Å². The van der Waals surface area contributed by atoms with Crippen LogP contribution < -0.4 is 0 Å². The summed E-state index contributed by atoms with van der Waals surface area (Å²) in [5, 5.41) is 0. The number of halogens is 2. The normalized spacial score (nSPS) is 24.5. The molecular formula is C25H52I2N2U. The van der Waals surface area contributed by atoms with Gasteiger partial charge in [-0.15, -0.1) is 0 Å². The van der Waals surface area contributed by atoms with Crippen molar-refractivity contribution in [3.8, 4) is 0 Å². The average molecular weight is 873 g/mol. The van der Waals surface area contributed by atoms with Crippen LogP contribution in [0, 0.1) is 50.4 Å². The van der Waals surface area contributed by atoms with Crippen molar-refractivity contribution in [1.29, 1.82) is 0 Å². The molecule has 2 fully saturated rings. The molecule has 2 nitrogen and oxygen atoms in total. The minimum absolute atomic E-state index is 0. The molecule has 0 bridgehead atoms. The molecule has 5 heteroatoms. The van der Waals surface area contributed by atoms with Crippen LogP contribution >= 0.6 is 37.2 Å². The monoisotopic (exact) mass is 872 g/mol. The van der Waals surface area contributed by atoms with Crippen molar-refractivity contribution in [2.45, 2.75) is 130 Å². The molecule has 0 spiro atoms. The summed E-state index contributed by atoms with van der Waals surface area (Å²) in [5.74, 6) is 0.932. The second kappa shape index (κ2) is 16.2. The second-order valence-electron chi connectivity index (χ2n) is 11.1. The molecule has 0 radical (unpaired) electrons. The van der Waals surface area contributed by atoms with E-state index in [0.717, 1.165) is 5.92 Å². The van der Waals surface area contributed by atoms with Gasteiger partial charge in [0.2, 0.25) is 0 Å². The molecule has 2 rings (SSSR count). The zero-order chi connectivity index (χ0) is 23.7. The van der Waals surface area contributed by atoms with Crippen LogP contribution in [0.15, 0.2) is 0 Å². The Morgan fingerprint density at radius 1 is 0.767 bits per heavy atom. The summed E-state index contributed by atoms with van der Waals surface area (Å²) >= 11 is 4.24. The van der Waals surface area contributed by atoms with E-state index in [-0.39, 0.29) is 31.1 Å². The minimum Gasteiger partial charge on any atom is -0.346 e.